The number of carboxylic acid groups (broad SMARTS) is 1. The van der Waals surface area contributed by atoms with E-state index in [1.165, 1.54) is 0 Å². The minimum Gasteiger partial charge on any atom is -0.481 e. The molecular formula is C18H25BrN2O2. The first kappa shape index (κ1) is 18.0. The first-order valence-electron chi connectivity index (χ1n) is 8.12. The summed E-state index contributed by atoms with van der Waals surface area (Å²) in [5.41, 5.74) is 8.94. The molecule has 2 rings (SSSR count). The third-order valence-electron chi connectivity index (χ3n) is 4.64. The van der Waals surface area contributed by atoms with Crippen LogP contribution in [-0.2, 0) is 18.3 Å². The Kier molecular flexibility index (Phi) is 6.25. The zero-order valence-electron chi connectivity index (χ0n) is 13.8. The van der Waals surface area contributed by atoms with Gasteiger partial charge in [0, 0.05) is 28.1 Å². The number of hydrogen-bond donors (Lipinski definition) is 2. The van der Waals surface area contributed by atoms with Gasteiger partial charge in [-0.05, 0) is 56.5 Å². The van der Waals surface area contributed by atoms with Gasteiger partial charge < -0.3 is 15.4 Å². The molecule has 3 N–H and O–H groups in total. The predicted molar refractivity (Wildman–Crippen MR) is 97.7 cm³/mol. The molecule has 1 aromatic heterocycles. The van der Waals surface area contributed by atoms with Crippen LogP contribution in [0.15, 0.2) is 22.7 Å². The second-order valence-electron chi connectivity index (χ2n) is 6.16. The Morgan fingerprint density at radius 1 is 1.35 bits per heavy atom. The number of carboxylic acids is 1. The summed E-state index contributed by atoms with van der Waals surface area (Å²) in [7, 11) is 2.03. The van der Waals surface area contributed by atoms with Gasteiger partial charge >= 0.3 is 5.97 Å². The third kappa shape index (κ3) is 4.15. The molecule has 2 aromatic rings. The first-order valence-corrected chi connectivity index (χ1v) is 8.91. The fourth-order valence-electron chi connectivity index (χ4n) is 3.15. The summed E-state index contributed by atoms with van der Waals surface area (Å²) in [6.45, 7) is 2.74. The number of rotatable bonds is 8. The van der Waals surface area contributed by atoms with Crippen molar-refractivity contribution in [1.82, 2.24) is 4.57 Å². The lowest BCUT2D eigenvalue weighted by Gasteiger charge is -2.13. The Morgan fingerprint density at radius 3 is 2.74 bits per heavy atom. The molecule has 1 heterocycles. The first-order chi connectivity index (χ1) is 11.0. The highest BCUT2D eigenvalue weighted by Crippen LogP contribution is 2.30. The summed E-state index contributed by atoms with van der Waals surface area (Å²) < 4.78 is 3.16. The van der Waals surface area contributed by atoms with Gasteiger partial charge in [-0.3, -0.25) is 4.79 Å². The van der Waals surface area contributed by atoms with Gasteiger partial charge in [0.2, 0.25) is 0 Å². The van der Waals surface area contributed by atoms with E-state index in [1.807, 2.05) is 13.1 Å². The van der Waals surface area contributed by atoms with E-state index >= 15 is 0 Å². The van der Waals surface area contributed by atoms with Crippen LogP contribution in [0, 0.1) is 12.8 Å². The number of nitrogens with two attached hydrogens (primary N) is 1. The van der Waals surface area contributed by atoms with Crippen LogP contribution in [0.2, 0.25) is 0 Å². The van der Waals surface area contributed by atoms with Crippen molar-refractivity contribution < 1.29 is 9.90 Å². The predicted octanol–water partition coefficient (Wildman–Crippen LogP) is 4.01. The fraction of sp³-hybridized carbons (Fsp3) is 0.500. The van der Waals surface area contributed by atoms with Gasteiger partial charge in [0.05, 0.1) is 5.92 Å². The minimum absolute atomic E-state index is 0.337. The van der Waals surface area contributed by atoms with Gasteiger partial charge in [-0.1, -0.05) is 28.8 Å². The molecule has 0 amide bonds. The number of nitrogens with zero attached hydrogens (tertiary/aromatic N) is 1. The van der Waals surface area contributed by atoms with Gasteiger partial charge in [-0.15, -0.1) is 0 Å². The van der Waals surface area contributed by atoms with E-state index in [0.29, 0.717) is 19.4 Å². The van der Waals surface area contributed by atoms with Crippen LogP contribution in [0.5, 0.6) is 0 Å². The molecule has 0 saturated carbocycles. The van der Waals surface area contributed by atoms with E-state index in [-0.39, 0.29) is 5.92 Å². The number of unbranched alkanes of at least 4 members (excludes halogenated alkanes) is 2. The fourth-order valence-corrected chi connectivity index (χ4v) is 3.51. The topological polar surface area (TPSA) is 68.2 Å². The standard InChI is InChI=1S/C18H25BrN2O2/c1-12-15(10-13(18(22)23)6-4-3-5-9-20)16-11-14(19)7-8-17(16)21(12)2/h7-8,11,13H,3-6,9-10,20H2,1-2H3,(H,22,23). The van der Waals surface area contributed by atoms with Crippen molar-refractivity contribution in [3.63, 3.8) is 0 Å². The normalized spacial score (nSPS) is 12.7. The van der Waals surface area contributed by atoms with Crippen LogP contribution in [0.1, 0.15) is 36.9 Å². The summed E-state index contributed by atoms with van der Waals surface area (Å²) in [6.07, 6.45) is 4.17. The molecule has 1 unspecified atom stereocenters. The van der Waals surface area contributed by atoms with E-state index in [1.54, 1.807) is 0 Å². The highest BCUT2D eigenvalue weighted by Gasteiger charge is 2.22. The SMILES string of the molecule is Cc1c(CC(CCCCCN)C(=O)O)c2cc(Br)ccc2n1C. The Labute approximate surface area is 145 Å². The van der Waals surface area contributed by atoms with Gasteiger partial charge in [0.25, 0.3) is 0 Å². The number of hydrogen-bond acceptors (Lipinski definition) is 2. The molecule has 1 atom stereocenters. The van der Waals surface area contributed by atoms with E-state index in [4.69, 9.17) is 5.73 Å². The number of halogens is 1. The molecule has 0 bridgehead atoms. The number of fused-ring (bicyclic) bond motifs is 1. The molecule has 0 radical (unpaired) electrons. The smallest absolute Gasteiger partial charge is 0.306 e. The largest absolute Gasteiger partial charge is 0.481 e. The molecular weight excluding hydrogens is 356 g/mol. The van der Waals surface area contributed by atoms with Gasteiger partial charge in [0.1, 0.15) is 0 Å². The molecule has 4 nitrogen and oxygen atoms in total. The van der Waals surface area contributed by atoms with Crippen LogP contribution < -0.4 is 5.73 Å². The summed E-state index contributed by atoms with van der Waals surface area (Å²) in [5.74, 6) is -1.04. The van der Waals surface area contributed by atoms with Crippen molar-refractivity contribution in [2.75, 3.05) is 6.54 Å². The molecule has 23 heavy (non-hydrogen) atoms. The van der Waals surface area contributed by atoms with Gasteiger partial charge in [-0.25, -0.2) is 0 Å². The number of aryl methyl sites for hydroxylation is 1. The number of aromatic nitrogens is 1. The molecule has 5 heteroatoms. The Balaban J connectivity index is 2.25. The second-order valence-corrected chi connectivity index (χ2v) is 7.08. The summed E-state index contributed by atoms with van der Waals surface area (Å²) in [6, 6.07) is 6.19. The number of aliphatic carboxylic acids is 1. The molecule has 126 valence electrons. The molecule has 1 aromatic carbocycles. The molecule has 0 fully saturated rings. The zero-order valence-corrected chi connectivity index (χ0v) is 15.4. The van der Waals surface area contributed by atoms with Crippen molar-refractivity contribution in [2.45, 2.75) is 39.0 Å². The minimum atomic E-state index is -0.704. The lowest BCUT2D eigenvalue weighted by molar-refractivity contribution is -0.141. The van der Waals surface area contributed by atoms with Crippen LogP contribution in [0.3, 0.4) is 0 Å². The van der Waals surface area contributed by atoms with E-state index in [0.717, 1.165) is 45.9 Å². The van der Waals surface area contributed by atoms with Crippen LogP contribution in [-0.4, -0.2) is 22.2 Å². The molecule has 0 spiro atoms. The van der Waals surface area contributed by atoms with Gasteiger partial charge in [-0.2, -0.15) is 0 Å². The number of benzene rings is 1. The van der Waals surface area contributed by atoms with Crippen molar-refractivity contribution in [3.05, 3.63) is 33.9 Å². The molecule has 0 aliphatic carbocycles. The van der Waals surface area contributed by atoms with E-state index in [2.05, 4.69) is 39.6 Å². The summed E-state index contributed by atoms with van der Waals surface area (Å²) in [4.78, 5) is 11.6. The van der Waals surface area contributed by atoms with E-state index in [9.17, 15) is 9.90 Å². The molecule has 0 aliphatic heterocycles. The van der Waals surface area contributed by atoms with Crippen molar-refractivity contribution in [1.29, 1.82) is 0 Å². The lowest BCUT2D eigenvalue weighted by Crippen LogP contribution is -2.17. The van der Waals surface area contributed by atoms with Crippen LogP contribution in [0.25, 0.3) is 10.9 Å². The maximum Gasteiger partial charge on any atom is 0.306 e. The lowest BCUT2D eigenvalue weighted by atomic mass is 9.92. The average Bonchev–Trinajstić information content (AvgIpc) is 2.74. The highest BCUT2D eigenvalue weighted by molar-refractivity contribution is 9.10. The maximum atomic E-state index is 11.6. The zero-order chi connectivity index (χ0) is 17.0. The summed E-state index contributed by atoms with van der Waals surface area (Å²) in [5, 5.41) is 10.7. The van der Waals surface area contributed by atoms with Crippen molar-refractivity contribution >= 4 is 32.8 Å². The quantitative estimate of drug-likeness (QED) is 0.679. The summed E-state index contributed by atoms with van der Waals surface area (Å²) >= 11 is 3.52. The average molecular weight is 381 g/mol. The number of carbonyl (C=O) groups is 1. The van der Waals surface area contributed by atoms with Crippen LogP contribution in [0.4, 0.5) is 0 Å². The molecule has 0 saturated heterocycles. The van der Waals surface area contributed by atoms with E-state index < -0.39 is 5.97 Å². The Bertz CT molecular complexity index is 694. The highest BCUT2D eigenvalue weighted by atomic mass is 79.9. The maximum absolute atomic E-state index is 11.6. The van der Waals surface area contributed by atoms with Crippen molar-refractivity contribution in [2.24, 2.45) is 18.7 Å². The van der Waals surface area contributed by atoms with Crippen LogP contribution >= 0.6 is 15.9 Å². The van der Waals surface area contributed by atoms with Crippen molar-refractivity contribution in [3.8, 4) is 0 Å². The monoisotopic (exact) mass is 380 g/mol. The Morgan fingerprint density at radius 2 is 2.09 bits per heavy atom. The third-order valence-corrected chi connectivity index (χ3v) is 5.13. The second kappa shape index (κ2) is 7.97. The van der Waals surface area contributed by atoms with Gasteiger partial charge in [0.15, 0.2) is 0 Å². The molecule has 0 aliphatic rings. The Hall–Kier alpha value is -1.33.